The molecule has 8 N–H and O–H groups in total. The maximum absolute atomic E-state index is 13.2. The van der Waals surface area contributed by atoms with E-state index >= 15 is 0 Å². The summed E-state index contributed by atoms with van der Waals surface area (Å²) in [4.78, 5) is 13.2. The van der Waals surface area contributed by atoms with E-state index in [1.54, 1.807) is 0 Å². The molecule has 9 unspecified atom stereocenters. The third-order valence-electron chi connectivity index (χ3n) is 16.3. The number of rotatable bonds is 58. The Morgan fingerprint density at radius 2 is 0.792 bits per heavy atom. The highest BCUT2D eigenvalue weighted by Crippen LogP contribution is 2.24. The lowest BCUT2D eigenvalue weighted by molar-refractivity contribution is -0.303. The lowest BCUT2D eigenvalue weighted by Crippen LogP contribution is -2.60. The Balaban J connectivity index is 2.14. The van der Waals surface area contributed by atoms with Crippen molar-refractivity contribution in [1.29, 1.82) is 0 Å². The first kappa shape index (κ1) is 73.6. The minimum atomic E-state index is -1.66. The topological polar surface area (TPSA) is 189 Å². The molecule has 0 aromatic heterocycles. The van der Waals surface area contributed by atoms with Gasteiger partial charge in [-0.2, -0.15) is 0 Å². The molecule has 1 fully saturated rings. The molecule has 0 aliphatic carbocycles. The summed E-state index contributed by atoms with van der Waals surface area (Å²) in [6.07, 6.45) is 57.0. The van der Waals surface area contributed by atoms with Gasteiger partial charge in [-0.25, -0.2) is 0 Å². The Morgan fingerprint density at radius 3 is 1.16 bits per heavy atom. The highest BCUT2D eigenvalue weighted by atomic mass is 16.7. The molecule has 1 saturated heterocycles. The smallest absolute Gasteiger partial charge is 0.249 e. The summed E-state index contributed by atoms with van der Waals surface area (Å²) in [5.41, 5.74) is 0. The molecule has 0 radical (unpaired) electrons. The first-order chi connectivity index (χ1) is 37.7. The quantitative estimate of drug-likeness (QED) is 0.0215. The third-order valence-corrected chi connectivity index (χ3v) is 16.3. The number of aliphatic hydroxyl groups is 7. The molecular weight excluding hydrogens is 967 g/mol. The number of hydrogen-bond donors (Lipinski definition) is 8. The van der Waals surface area contributed by atoms with Crippen molar-refractivity contribution < 1.29 is 50.0 Å². The lowest BCUT2D eigenvalue weighted by atomic mass is 9.98. The van der Waals surface area contributed by atoms with Crippen molar-refractivity contribution in [3.63, 3.8) is 0 Å². The maximum Gasteiger partial charge on any atom is 0.249 e. The highest BCUT2D eigenvalue weighted by Gasteiger charge is 2.44. The molecule has 1 aliphatic heterocycles. The Hall–Kier alpha value is -1.41. The molecule has 456 valence electrons. The van der Waals surface area contributed by atoms with Crippen LogP contribution in [0.15, 0.2) is 24.3 Å². The summed E-state index contributed by atoms with van der Waals surface area (Å²) < 4.78 is 11.2. The summed E-state index contributed by atoms with van der Waals surface area (Å²) in [5, 5.41) is 76.2. The van der Waals surface area contributed by atoms with Crippen molar-refractivity contribution in [2.24, 2.45) is 0 Å². The maximum atomic E-state index is 13.2. The first-order valence-corrected chi connectivity index (χ1v) is 33.2. The normalized spacial score (nSPS) is 19.6. The van der Waals surface area contributed by atoms with Gasteiger partial charge >= 0.3 is 0 Å². The van der Waals surface area contributed by atoms with Crippen LogP contribution in [0.4, 0.5) is 0 Å². The van der Waals surface area contributed by atoms with Crippen LogP contribution >= 0.6 is 0 Å². The molecule has 9 atom stereocenters. The van der Waals surface area contributed by atoms with E-state index in [-0.39, 0.29) is 6.42 Å². The molecule has 11 nitrogen and oxygen atoms in total. The second-order valence-corrected chi connectivity index (χ2v) is 23.5. The Labute approximate surface area is 474 Å². The van der Waals surface area contributed by atoms with Gasteiger partial charge in [-0.05, 0) is 44.9 Å². The fourth-order valence-corrected chi connectivity index (χ4v) is 10.9. The van der Waals surface area contributed by atoms with Crippen LogP contribution in [0.5, 0.6) is 0 Å². The van der Waals surface area contributed by atoms with Gasteiger partial charge in [-0.1, -0.05) is 301 Å². The zero-order valence-electron chi connectivity index (χ0n) is 50.2. The average Bonchev–Trinajstić information content (AvgIpc) is 3.43. The number of amides is 1. The second-order valence-electron chi connectivity index (χ2n) is 23.5. The van der Waals surface area contributed by atoms with Crippen LogP contribution in [0.2, 0.25) is 0 Å². The number of unbranched alkanes of at least 4 members (excludes halogenated alkanes) is 42. The van der Waals surface area contributed by atoms with Gasteiger partial charge in [0, 0.05) is 0 Å². The summed E-state index contributed by atoms with van der Waals surface area (Å²) in [7, 11) is 0. The summed E-state index contributed by atoms with van der Waals surface area (Å²) >= 11 is 0. The van der Waals surface area contributed by atoms with Gasteiger partial charge in [0.15, 0.2) is 6.29 Å². The minimum Gasteiger partial charge on any atom is -0.394 e. The molecule has 1 rings (SSSR count). The zero-order valence-corrected chi connectivity index (χ0v) is 50.2. The van der Waals surface area contributed by atoms with E-state index in [2.05, 4.69) is 43.5 Å². The minimum absolute atomic E-state index is 0.263. The van der Waals surface area contributed by atoms with Crippen LogP contribution in [0.1, 0.15) is 322 Å². The van der Waals surface area contributed by atoms with Crippen LogP contribution < -0.4 is 5.32 Å². The lowest BCUT2D eigenvalue weighted by Gasteiger charge is -2.40. The van der Waals surface area contributed by atoms with Gasteiger partial charge in [0.1, 0.15) is 36.6 Å². The van der Waals surface area contributed by atoms with Gasteiger partial charge in [0.25, 0.3) is 0 Å². The van der Waals surface area contributed by atoms with E-state index in [9.17, 15) is 40.5 Å². The molecule has 77 heavy (non-hydrogen) atoms. The molecule has 0 saturated carbocycles. The van der Waals surface area contributed by atoms with Crippen molar-refractivity contribution >= 4 is 5.91 Å². The van der Waals surface area contributed by atoms with Crippen LogP contribution in [-0.2, 0) is 14.3 Å². The Bertz CT molecular complexity index is 1300. The Morgan fingerprint density at radius 1 is 0.455 bits per heavy atom. The van der Waals surface area contributed by atoms with Crippen molar-refractivity contribution in [3.8, 4) is 0 Å². The molecule has 0 aromatic rings. The standard InChI is InChI=1S/C66H127NO10/c1-3-5-7-9-11-13-15-17-19-20-21-22-23-24-25-26-27-28-29-30-31-32-33-34-35-36-37-38-39-40-42-44-46-48-50-52-54-59(70)65(75)67-57(56-76-66-64(74)63(73)62(72)60(55-68)77-66)61(71)58(69)53-51-49-47-45-43-41-18-16-14-12-10-8-6-4-2/h25-26,28-29,57-64,66,68-74H,3-24,27,30-56H2,1-2H3,(H,67,75)/b26-25-,29-28-. The summed E-state index contributed by atoms with van der Waals surface area (Å²) in [6, 6.07) is -1.17. The fraction of sp³-hybridized carbons (Fsp3) is 0.924. The van der Waals surface area contributed by atoms with Gasteiger partial charge in [0.2, 0.25) is 5.91 Å². The van der Waals surface area contributed by atoms with E-state index in [4.69, 9.17) is 9.47 Å². The molecule has 1 aliphatic rings. The van der Waals surface area contributed by atoms with Crippen LogP contribution in [0.3, 0.4) is 0 Å². The molecular formula is C66H127NO10. The molecule has 11 heteroatoms. The van der Waals surface area contributed by atoms with E-state index in [1.807, 2.05) is 0 Å². The predicted molar refractivity (Wildman–Crippen MR) is 321 cm³/mol. The van der Waals surface area contributed by atoms with Crippen molar-refractivity contribution in [1.82, 2.24) is 5.32 Å². The Kier molecular flexibility index (Phi) is 52.7. The van der Waals surface area contributed by atoms with E-state index < -0.39 is 74.2 Å². The molecule has 0 spiro atoms. The summed E-state index contributed by atoms with van der Waals surface area (Å²) in [6.45, 7) is 3.49. The van der Waals surface area contributed by atoms with Crippen LogP contribution in [0.25, 0.3) is 0 Å². The second kappa shape index (κ2) is 55.1. The SMILES string of the molecule is CCCCCCCCCCCCCCC/C=C\C/C=C\CCCCCCCCCCCCCCCCCCC(O)C(=O)NC(COC1OC(CO)C(O)C(O)C1O)C(O)C(O)CCCCCCCCCCCCCCCC. The molecule has 1 amide bonds. The number of hydrogen-bond acceptors (Lipinski definition) is 10. The third kappa shape index (κ3) is 43.0. The van der Waals surface area contributed by atoms with E-state index in [0.717, 1.165) is 44.9 Å². The number of carbonyl (C=O) groups is 1. The predicted octanol–water partition coefficient (Wildman–Crippen LogP) is 15.2. The number of nitrogens with one attached hydrogen (secondary N) is 1. The van der Waals surface area contributed by atoms with Crippen LogP contribution in [-0.4, -0.2) is 110 Å². The monoisotopic (exact) mass is 1090 g/mol. The first-order valence-electron chi connectivity index (χ1n) is 33.2. The summed E-state index contributed by atoms with van der Waals surface area (Å²) in [5.74, 6) is -0.692. The van der Waals surface area contributed by atoms with Crippen LogP contribution in [0, 0.1) is 0 Å². The number of allylic oxidation sites excluding steroid dienone is 4. The number of aliphatic hydroxyl groups excluding tert-OH is 7. The van der Waals surface area contributed by atoms with Crippen molar-refractivity contribution in [3.05, 3.63) is 24.3 Å². The van der Waals surface area contributed by atoms with E-state index in [0.29, 0.717) is 19.3 Å². The van der Waals surface area contributed by atoms with Crippen molar-refractivity contribution in [2.75, 3.05) is 13.2 Å². The molecule has 0 aromatic carbocycles. The zero-order chi connectivity index (χ0) is 56.1. The van der Waals surface area contributed by atoms with Gasteiger partial charge in [-0.15, -0.1) is 0 Å². The van der Waals surface area contributed by atoms with Gasteiger partial charge in [0.05, 0.1) is 25.4 Å². The highest BCUT2D eigenvalue weighted by molar-refractivity contribution is 5.80. The van der Waals surface area contributed by atoms with Gasteiger partial charge < -0.3 is 50.5 Å². The molecule has 0 bridgehead atoms. The number of carbonyl (C=O) groups excluding carboxylic acids is 1. The van der Waals surface area contributed by atoms with E-state index in [1.165, 1.54) is 238 Å². The number of ether oxygens (including phenoxy) is 2. The van der Waals surface area contributed by atoms with Gasteiger partial charge in [-0.3, -0.25) is 4.79 Å². The fourth-order valence-electron chi connectivity index (χ4n) is 10.9. The largest absolute Gasteiger partial charge is 0.394 e. The average molecular weight is 1090 g/mol. The molecule has 1 heterocycles. The van der Waals surface area contributed by atoms with Crippen molar-refractivity contribution in [2.45, 2.75) is 377 Å².